The van der Waals surface area contributed by atoms with Crippen molar-refractivity contribution in [2.24, 2.45) is 5.41 Å². The van der Waals surface area contributed by atoms with Crippen molar-refractivity contribution >= 4 is 0 Å². The average molecular weight is 207 g/mol. The first-order valence-electron chi connectivity index (χ1n) is 5.86. The van der Waals surface area contributed by atoms with E-state index in [0.717, 1.165) is 13.1 Å². The van der Waals surface area contributed by atoms with Gasteiger partial charge in [-0.15, -0.1) is 0 Å². The highest BCUT2D eigenvalue weighted by molar-refractivity contribution is 5.09. The summed E-state index contributed by atoms with van der Waals surface area (Å²) in [5, 5.41) is 3.43. The zero-order chi connectivity index (χ0) is 10.9. The van der Waals surface area contributed by atoms with Crippen molar-refractivity contribution in [2.45, 2.75) is 46.2 Å². The summed E-state index contributed by atoms with van der Waals surface area (Å²) in [6.45, 7) is 8.86. The molecule has 3 nitrogen and oxygen atoms in total. The van der Waals surface area contributed by atoms with Crippen LogP contribution in [0.15, 0.2) is 12.5 Å². The molecule has 1 fully saturated rings. The van der Waals surface area contributed by atoms with Crippen LogP contribution in [0.2, 0.25) is 0 Å². The van der Waals surface area contributed by atoms with E-state index in [4.69, 9.17) is 0 Å². The molecule has 0 aliphatic heterocycles. The van der Waals surface area contributed by atoms with Gasteiger partial charge in [-0.3, -0.25) is 0 Å². The first kappa shape index (κ1) is 10.7. The van der Waals surface area contributed by atoms with Crippen LogP contribution in [0, 0.1) is 5.41 Å². The maximum Gasteiger partial charge on any atom is 0.0951 e. The van der Waals surface area contributed by atoms with Gasteiger partial charge in [-0.2, -0.15) is 0 Å². The van der Waals surface area contributed by atoms with Crippen LogP contribution in [-0.4, -0.2) is 16.1 Å². The molecule has 1 aromatic rings. The van der Waals surface area contributed by atoms with Gasteiger partial charge in [0.05, 0.1) is 12.0 Å². The molecule has 1 unspecified atom stereocenters. The second-order valence-corrected chi connectivity index (χ2v) is 5.18. The molecule has 0 saturated heterocycles. The summed E-state index contributed by atoms with van der Waals surface area (Å²) in [5.41, 5.74) is 1.79. The third-order valence-corrected chi connectivity index (χ3v) is 3.28. The van der Waals surface area contributed by atoms with E-state index in [2.05, 4.69) is 35.6 Å². The molecule has 0 aromatic carbocycles. The third kappa shape index (κ3) is 2.23. The Morgan fingerprint density at radius 3 is 2.93 bits per heavy atom. The summed E-state index contributed by atoms with van der Waals surface area (Å²) in [6.07, 6.45) is 6.42. The second kappa shape index (κ2) is 3.97. The minimum absolute atomic E-state index is 0.472. The van der Waals surface area contributed by atoms with Crippen LogP contribution >= 0.6 is 0 Å². The number of imidazole rings is 1. The van der Waals surface area contributed by atoms with E-state index >= 15 is 0 Å². The number of nitrogens with zero attached hydrogens (tertiary/aromatic N) is 2. The summed E-state index contributed by atoms with van der Waals surface area (Å²) >= 11 is 0. The van der Waals surface area contributed by atoms with Gasteiger partial charge in [0.25, 0.3) is 0 Å². The molecule has 84 valence electrons. The Morgan fingerprint density at radius 1 is 1.60 bits per heavy atom. The van der Waals surface area contributed by atoms with Crippen LogP contribution in [0.25, 0.3) is 0 Å². The molecule has 0 radical (unpaired) electrons. The van der Waals surface area contributed by atoms with Crippen LogP contribution in [0.1, 0.15) is 45.3 Å². The lowest BCUT2D eigenvalue weighted by Crippen LogP contribution is -2.17. The van der Waals surface area contributed by atoms with E-state index in [1.54, 1.807) is 0 Å². The predicted molar refractivity (Wildman–Crippen MR) is 61.7 cm³/mol. The van der Waals surface area contributed by atoms with Gasteiger partial charge in [0.2, 0.25) is 0 Å². The molecule has 2 rings (SSSR count). The van der Waals surface area contributed by atoms with Gasteiger partial charge in [0.1, 0.15) is 0 Å². The molecule has 3 heteroatoms. The van der Waals surface area contributed by atoms with Gasteiger partial charge in [-0.05, 0) is 24.8 Å². The number of rotatable bonds is 5. The maximum atomic E-state index is 4.25. The van der Waals surface area contributed by atoms with E-state index in [9.17, 15) is 0 Å². The smallest absolute Gasteiger partial charge is 0.0951 e. The highest BCUT2D eigenvalue weighted by Gasteiger charge is 2.47. The van der Waals surface area contributed by atoms with Crippen molar-refractivity contribution < 1.29 is 0 Å². The Bertz CT molecular complexity index is 327. The number of aromatic nitrogens is 2. The first-order valence-corrected chi connectivity index (χ1v) is 5.86. The summed E-state index contributed by atoms with van der Waals surface area (Å²) in [6, 6.07) is 0.665. The quantitative estimate of drug-likeness (QED) is 0.751. The molecular formula is C12H21N3. The lowest BCUT2D eigenvalue weighted by molar-refractivity contribution is 0.519. The zero-order valence-corrected chi connectivity index (χ0v) is 9.95. The van der Waals surface area contributed by atoms with Gasteiger partial charge >= 0.3 is 0 Å². The summed E-state index contributed by atoms with van der Waals surface area (Å²) in [5.74, 6) is 0. The highest BCUT2D eigenvalue weighted by atomic mass is 15.1. The van der Waals surface area contributed by atoms with E-state index < -0.39 is 0 Å². The molecule has 1 heterocycles. The summed E-state index contributed by atoms with van der Waals surface area (Å²) < 4.78 is 2.34. The number of hydrogen-bond donors (Lipinski definition) is 1. The van der Waals surface area contributed by atoms with E-state index in [0.29, 0.717) is 11.5 Å². The van der Waals surface area contributed by atoms with Crippen molar-refractivity contribution in [1.29, 1.82) is 0 Å². The van der Waals surface area contributed by atoms with E-state index in [1.165, 1.54) is 18.5 Å². The number of hydrogen-bond acceptors (Lipinski definition) is 2. The Morgan fingerprint density at radius 2 is 2.33 bits per heavy atom. The maximum absolute atomic E-state index is 4.25. The Kier molecular flexibility index (Phi) is 2.83. The van der Waals surface area contributed by atoms with Crippen molar-refractivity contribution in [2.75, 3.05) is 6.54 Å². The lowest BCUT2D eigenvalue weighted by atomic mass is 10.2. The SMILES string of the molecule is CCCNCc1cncn1C1CC1(C)C. The fraction of sp³-hybridized carbons (Fsp3) is 0.750. The van der Waals surface area contributed by atoms with Crippen molar-refractivity contribution in [3.05, 3.63) is 18.2 Å². The third-order valence-electron chi connectivity index (χ3n) is 3.28. The molecule has 1 aliphatic rings. The minimum Gasteiger partial charge on any atom is -0.330 e. The van der Waals surface area contributed by atoms with Crippen LogP contribution < -0.4 is 5.32 Å². The molecule has 15 heavy (non-hydrogen) atoms. The zero-order valence-electron chi connectivity index (χ0n) is 9.95. The molecule has 1 aromatic heterocycles. The van der Waals surface area contributed by atoms with Gasteiger partial charge in [-0.25, -0.2) is 4.98 Å². The lowest BCUT2D eigenvalue weighted by Gasteiger charge is -2.10. The van der Waals surface area contributed by atoms with E-state index in [1.807, 2.05) is 12.5 Å². The van der Waals surface area contributed by atoms with Gasteiger partial charge in [-0.1, -0.05) is 20.8 Å². The first-order chi connectivity index (χ1) is 7.15. The molecule has 1 saturated carbocycles. The van der Waals surface area contributed by atoms with Crippen molar-refractivity contribution in [3.8, 4) is 0 Å². The summed E-state index contributed by atoms with van der Waals surface area (Å²) in [7, 11) is 0. The molecular weight excluding hydrogens is 186 g/mol. The molecule has 1 atom stereocenters. The predicted octanol–water partition coefficient (Wildman–Crippen LogP) is 2.35. The summed E-state index contributed by atoms with van der Waals surface area (Å²) in [4.78, 5) is 4.25. The molecule has 0 spiro atoms. The van der Waals surface area contributed by atoms with E-state index in [-0.39, 0.29) is 0 Å². The Labute approximate surface area is 91.9 Å². The second-order valence-electron chi connectivity index (χ2n) is 5.18. The van der Waals surface area contributed by atoms with Crippen LogP contribution in [0.3, 0.4) is 0 Å². The van der Waals surface area contributed by atoms with Crippen molar-refractivity contribution in [3.63, 3.8) is 0 Å². The molecule has 0 amide bonds. The van der Waals surface area contributed by atoms with Crippen molar-refractivity contribution in [1.82, 2.24) is 14.9 Å². The normalized spacial score (nSPS) is 23.0. The molecule has 1 aliphatic carbocycles. The van der Waals surface area contributed by atoms with Gasteiger partial charge in [0, 0.05) is 18.8 Å². The fourth-order valence-electron chi connectivity index (χ4n) is 2.06. The van der Waals surface area contributed by atoms with Gasteiger partial charge in [0.15, 0.2) is 0 Å². The largest absolute Gasteiger partial charge is 0.330 e. The number of nitrogens with one attached hydrogen (secondary N) is 1. The standard InChI is InChI=1S/C12H21N3/c1-4-5-13-7-10-8-14-9-15(10)11-6-12(11,2)3/h8-9,11,13H,4-7H2,1-3H3. The molecule has 1 N–H and O–H groups in total. The van der Waals surface area contributed by atoms with Gasteiger partial charge < -0.3 is 9.88 Å². The average Bonchev–Trinajstić information content (AvgIpc) is 2.63. The molecule has 0 bridgehead atoms. The van der Waals surface area contributed by atoms with Crippen LogP contribution in [0.5, 0.6) is 0 Å². The fourth-order valence-corrected chi connectivity index (χ4v) is 2.06. The topological polar surface area (TPSA) is 29.9 Å². The minimum atomic E-state index is 0.472. The van der Waals surface area contributed by atoms with Crippen LogP contribution in [0.4, 0.5) is 0 Å². The van der Waals surface area contributed by atoms with Crippen LogP contribution in [-0.2, 0) is 6.54 Å². The monoisotopic (exact) mass is 207 g/mol. The Hall–Kier alpha value is -0.830. The highest BCUT2D eigenvalue weighted by Crippen LogP contribution is 2.55. The Balaban J connectivity index is 1.97.